The van der Waals surface area contributed by atoms with Gasteiger partial charge < -0.3 is 19.9 Å². The first-order valence-electron chi connectivity index (χ1n) is 9.17. The van der Waals surface area contributed by atoms with Gasteiger partial charge in [-0.25, -0.2) is 0 Å². The largest absolute Gasteiger partial charge is 0.378 e. The molecule has 3 fully saturated rings. The maximum Gasteiger partial charge on any atom is 0.232 e. The highest BCUT2D eigenvalue weighted by Gasteiger charge is 2.26. The Kier molecular flexibility index (Phi) is 8.82. The van der Waals surface area contributed by atoms with Gasteiger partial charge in [0, 0.05) is 32.2 Å². The number of hydrogen-bond donors (Lipinski definition) is 1. The van der Waals surface area contributed by atoms with Gasteiger partial charge in [-0.15, -0.1) is 24.2 Å². The molecule has 0 radical (unpaired) electrons. The summed E-state index contributed by atoms with van der Waals surface area (Å²) in [5.41, 5.74) is 0. The Morgan fingerprint density at radius 3 is 2.04 bits per heavy atom. The van der Waals surface area contributed by atoms with E-state index in [1.807, 2.05) is 9.80 Å². The number of amides is 2. The Hall–Kier alpha value is -0.500. The summed E-state index contributed by atoms with van der Waals surface area (Å²) in [7, 11) is 0. The Morgan fingerprint density at radius 2 is 1.48 bits per heavy atom. The molecule has 2 heterocycles. The molecular formula is C17H30ClN3O3S. The third-order valence-electron chi connectivity index (χ3n) is 5.05. The number of piperidine rings is 1. The molecule has 0 unspecified atom stereocenters. The zero-order valence-electron chi connectivity index (χ0n) is 14.8. The van der Waals surface area contributed by atoms with Gasteiger partial charge in [-0.2, -0.15) is 0 Å². The van der Waals surface area contributed by atoms with Crippen LogP contribution in [-0.4, -0.2) is 85.1 Å². The van der Waals surface area contributed by atoms with Crippen molar-refractivity contribution in [3.63, 3.8) is 0 Å². The highest BCUT2D eigenvalue weighted by Crippen LogP contribution is 2.28. The van der Waals surface area contributed by atoms with Gasteiger partial charge in [-0.3, -0.25) is 9.59 Å². The van der Waals surface area contributed by atoms with Crippen molar-refractivity contribution in [2.75, 3.05) is 57.4 Å². The Morgan fingerprint density at radius 1 is 0.920 bits per heavy atom. The lowest BCUT2D eigenvalue weighted by Crippen LogP contribution is -2.46. The van der Waals surface area contributed by atoms with Crippen molar-refractivity contribution in [1.82, 2.24) is 15.1 Å². The molecule has 0 bridgehead atoms. The number of morpholine rings is 1. The van der Waals surface area contributed by atoms with Gasteiger partial charge in [0.2, 0.25) is 11.8 Å². The van der Waals surface area contributed by atoms with E-state index in [0.29, 0.717) is 43.9 Å². The predicted octanol–water partition coefficient (Wildman–Crippen LogP) is 0.991. The van der Waals surface area contributed by atoms with E-state index in [-0.39, 0.29) is 24.2 Å². The van der Waals surface area contributed by atoms with E-state index in [2.05, 4.69) is 5.32 Å². The van der Waals surface area contributed by atoms with Crippen LogP contribution in [0.4, 0.5) is 0 Å². The molecule has 3 aliphatic rings. The van der Waals surface area contributed by atoms with Crippen LogP contribution in [0.2, 0.25) is 0 Å². The number of likely N-dealkylation sites (tertiary alicyclic amines) is 1. The summed E-state index contributed by atoms with van der Waals surface area (Å²) < 4.78 is 5.25. The second-order valence-electron chi connectivity index (χ2n) is 6.99. The van der Waals surface area contributed by atoms with Crippen molar-refractivity contribution in [2.45, 2.75) is 31.7 Å². The summed E-state index contributed by atoms with van der Waals surface area (Å²) in [5, 5.41) is 3.63. The zero-order valence-corrected chi connectivity index (χ0v) is 16.4. The van der Waals surface area contributed by atoms with Crippen LogP contribution in [0.3, 0.4) is 0 Å². The highest BCUT2D eigenvalue weighted by molar-refractivity contribution is 8.00. The van der Waals surface area contributed by atoms with Gasteiger partial charge in [-0.05, 0) is 38.1 Å². The molecule has 0 aromatic rings. The number of ether oxygens (including phenoxy) is 1. The van der Waals surface area contributed by atoms with Crippen molar-refractivity contribution >= 4 is 36.0 Å². The molecule has 25 heavy (non-hydrogen) atoms. The highest BCUT2D eigenvalue weighted by atomic mass is 35.5. The van der Waals surface area contributed by atoms with Crippen LogP contribution in [0.15, 0.2) is 0 Å². The van der Waals surface area contributed by atoms with Crippen LogP contribution in [0.5, 0.6) is 0 Å². The van der Waals surface area contributed by atoms with Crippen LogP contribution < -0.4 is 5.32 Å². The van der Waals surface area contributed by atoms with E-state index in [1.165, 1.54) is 24.6 Å². The lowest BCUT2D eigenvalue weighted by atomic mass is 10.0. The maximum atomic E-state index is 12.3. The molecule has 2 saturated heterocycles. The fourth-order valence-corrected chi connectivity index (χ4v) is 4.03. The number of nitrogens with zero attached hydrogens (tertiary/aromatic N) is 2. The van der Waals surface area contributed by atoms with Crippen LogP contribution in [-0.2, 0) is 14.3 Å². The quantitative estimate of drug-likeness (QED) is 0.701. The number of rotatable bonds is 7. The molecule has 1 N–H and O–H groups in total. The lowest BCUT2D eigenvalue weighted by Gasteiger charge is -2.32. The summed E-state index contributed by atoms with van der Waals surface area (Å²) in [5.74, 6) is 2.01. The number of thioether (sulfide) groups is 1. The monoisotopic (exact) mass is 391 g/mol. The molecule has 8 heteroatoms. The molecule has 3 rings (SSSR count). The zero-order chi connectivity index (χ0) is 16.8. The minimum Gasteiger partial charge on any atom is -0.378 e. The fraction of sp³-hybridized carbons (Fsp3) is 0.882. The standard InChI is InChI=1S/C17H29N3O3S.ClH/c21-16(12-24-13-17(22)20-7-9-23-10-8-20)19-5-3-15(4-6-19)18-11-14-1-2-14;/h14-15,18H,1-13H2;1H. The molecule has 144 valence electrons. The average Bonchev–Trinajstić information content (AvgIpc) is 3.45. The molecule has 0 aromatic heterocycles. The third-order valence-corrected chi connectivity index (χ3v) is 5.96. The molecule has 6 nitrogen and oxygen atoms in total. The molecule has 1 aliphatic carbocycles. The fourth-order valence-electron chi connectivity index (χ4n) is 3.21. The van der Waals surface area contributed by atoms with Gasteiger partial charge in [0.05, 0.1) is 24.7 Å². The first-order valence-corrected chi connectivity index (χ1v) is 10.3. The molecule has 1 saturated carbocycles. The molecule has 0 atom stereocenters. The van der Waals surface area contributed by atoms with Gasteiger partial charge in [0.15, 0.2) is 0 Å². The predicted molar refractivity (Wildman–Crippen MR) is 102 cm³/mol. The van der Waals surface area contributed by atoms with Gasteiger partial charge in [0.1, 0.15) is 0 Å². The molecule has 0 spiro atoms. The van der Waals surface area contributed by atoms with Crippen LogP contribution in [0.25, 0.3) is 0 Å². The van der Waals surface area contributed by atoms with Crippen molar-refractivity contribution in [3.05, 3.63) is 0 Å². The van der Waals surface area contributed by atoms with Gasteiger partial charge >= 0.3 is 0 Å². The summed E-state index contributed by atoms with van der Waals surface area (Å²) in [6.07, 6.45) is 4.86. The van der Waals surface area contributed by atoms with Crippen molar-refractivity contribution in [3.8, 4) is 0 Å². The molecule has 2 aliphatic heterocycles. The number of carbonyl (C=O) groups is 2. The van der Waals surface area contributed by atoms with E-state index in [9.17, 15) is 9.59 Å². The van der Waals surface area contributed by atoms with E-state index in [0.717, 1.165) is 38.4 Å². The number of nitrogens with one attached hydrogen (secondary N) is 1. The minimum atomic E-state index is 0. The van der Waals surface area contributed by atoms with Gasteiger partial charge in [-0.1, -0.05) is 0 Å². The lowest BCUT2D eigenvalue weighted by molar-refractivity contribution is -0.132. The summed E-state index contributed by atoms with van der Waals surface area (Å²) in [6, 6.07) is 0.574. The van der Waals surface area contributed by atoms with Crippen LogP contribution in [0.1, 0.15) is 25.7 Å². The van der Waals surface area contributed by atoms with E-state index < -0.39 is 0 Å². The Bertz CT molecular complexity index is 437. The van der Waals surface area contributed by atoms with Crippen molar-refractivity contribution in [1.29, 1.82) is 0 Å². The van der Waals surface area contributed by atoms with Crippen LogP contribution >= 0.6 is 24.2 Å². The second-order valence-corrected chi connectivity index (χ2v) is 7.98. The van der Waals surface area contributed by atoms with Crippen molar-refractivity contribution < 1.29 is 14.3 Å². The average molecular weight is 392 g/mol. The van der Waals surface area contributed by atoms with Gasteiger partial charge in [0.25, 0.3) is 0 Å². The molecular weight excluding hydrogens is 362 g/mol. The third kappa shape index (κ3) is 6.96. The summed E-state index contributed by atoms with van der Waals surface area (Å²) in [4.78, 5) is 28.1. The minimum absolute atomic E-state index is 0. The van der Waals surface area contributed by atoms with E-state index in [4.69, 9.17) is 4.74 Å². The van der Waals surface area contributed by atoms with Crippen molar-refractivity contribution in [2.24, 2.45) is 5.92 Å². The first kappa shape index (κ1) is 20.8. The number of halogens is 1. The van der Waals surface area contributed by atoms with Crippen LogP contribution in [0, 0.1) is 5.92 Å². The summed E-state index contributed by atoms with van der Waals surface area (Å²) >= 11 is 1.44. The van der Waals surface area contributed by atoms with E-state index in [1.54, 1.807) is 0 Å². The summed E-state index contributed by atoms with van der Waals surface area (Å²) in [6.45, 7) is 5.44. The number of hydrogen-bond acceptors (Lipinski definition) is 5. The second kappa shape index (κ2) is 10.6. The Balaban J connectivity index is 0.00000225. The smallest absolute Gasteiger partial charge is 0.232 e. The topological polar surface area (TPSA) is 61.9 Å². The number of carbonyl (C=O) groups excluding carboxylic acids is 2. The molecule has 0 aromatic carbocycles. The first-order chi connectivity index (χ1) is 11.7. The normalized spacial score (nSPS) is 21.8. The maximum absolute atomic E-state index is 12.3. The van der Waals surface area contributed by atoms with E-state index >= 15 is 0 Å². The SMILES string of the molecule is Cl.O=C(CSCC(=O)N1CCC(NCC2CC2)CC1)N1CCOCC1. The molecule has 2 amide bonds. The Labute approximate surface area is 160 Å².